The highest BCUT2D eigenvalue weighted by Crippen LogP contribution is 2.68. The van der Waals surface area contributed by atoms with E-state index in [0.29, 0.717) is 31.3 Å². The Balaban J connectivity index is 1.91. The highest BCUT2D eigenvalue weighted by Gasteiger charge is 2.74. The molecule has 1 heterocycles. The predicted molar refractivity (Wildman–Crippen MR) is 101 cm³/mol. The molecule has 3 aliphatic carbocycles. The normalized spacial score (nSPS) is 46.4. The fourth-order valence-corrected chi connectivity index (χ4v) is 7.12. The van der Waals surface area contributed by atoms with E-state index in [9.17, 15) is 24.6 Å². The summed E-state index contributed by atoms with van der Waals surface area (Å²) in [6.07, 6.45) is 2.15. The molecule has 7 heteroatoms. The Labute approximate surface area is 170 Å². The lowest BCUT2D eigenvalue weighted by molar-refractivity contribution is -0.252. The van der Waals surface area contributed by atoms with Crippen molar-refractivity contribution in [2.75, 3.05) is 19.8 Å². The molecule has 160 valence electrons. The molecule has 29 heavy (non-hydrogen) atoms. The van der Waals surface area contributed by atoms with E-state index in [2.05, 4.69) is 6.58 Å². The molecule has 2 spiro atoms. The number of allylic oxidation sites excluding steroid dienone is 1. The number of fused-ring (bicyclic) bond motifs is 2. The zero-order chi connectivity index (χ0) is 21.2. The van der Waals surface area contributed by atoms with Crippen LogP contribution in [0.15, 0.2) is 12.2 Å². The molecule has 0 aromatic rings. The van der Waals surface area contributed by atoms with E-state index < -0.39 is 46.1 Å². The summed E-state index contributed by atoms with van der Waals surface area (Å²) in [4.78, 5) is 38.3. The van der Waals surface area contributed by atoms with Gasteiger partial charge in [0.2, 0.25) is 0 Å². The van der Waals surface area contributed by atoms with Crippen LogP contribution in [0.5, 0.6) is 0 Å². The quantitative estimate of drug-likeness (QED) is 0.414. The van der Waals surface area contributed by atoms with Gasteiger partial charge >= 0.3 is 11.9 Å². The number of cyclic esters (lactones) is 1. The Kier molecular flexibility index (Phi) is 4.70. The Bertz CT molecular complexity index is 775. The topological polar surface area (TPSA) is 110 Å². The lowest BCUT2D eigenvalue weighted by Crippen LogP contribution is -2.69. The van der Waals surface area contributed by atoms with E-state index >= 15 is 0 Å². The van der Waals surface area contributed by atoms with Gasteiger partial charge in [-0.05, 0) is 54.9 Å². The molecule has 7 unspecified atom stereocenters. The van der Waals surface area contributed by atoms with Gasteiger partial charge in [-0.3, -0.25) is 14.4 Å². The molecular formula is C22H30O7. The van der Waals surface area contributed by atoms with Crippen molar-refractivity contribution >= 4 is 17.7 Å². The second-order valence-corrected chi connectivity index (χ2v) is 9.73. The summed E-state index contributed by atoms with van der Waals surface area (Å²) < 4.78 is 11.4. The van der Waals surface area contributed by atoms with Crippen LogP contribution >= 0.6 is 0 Å². The van der Waals surface area contributed by atoms with Crippen molar-refractivity contribution in [3.8, 4) is 0 Å². The van der Waals surface area contributed by atoms with Gasteiger partial charge < -0.3 is 19.7 Å². The molecule has 7 atom stereocenters. The van der Waals surface area contributed by atoms with Crippen molar-refractivity contribution in [2.45, 2.75) is 52.1 Å². The molecular weight excluding hydrogens is 376 g/mol. The molecule has 7 nitrogen and oxygen atoms in total. The Morgan fingerprint density at radius 1 is 1.28 bits per heavy atom. The van der Waals surface area contributed by atoms with Gasteiger partial charge in [0.05, 0.1) is 5.41 Å². The van der Waals surface area contributed by atoms with Crippen LogP contribution < -0.4 is 0 Å². The van der Waals surface area contributed by atoms with Crippen molar-refractivity contribution < 1.29 is 34.1 Å². The van der Waals surface area contributed by atoms with Crippen LogP contribution in [0.1, 0.15) is 46.0 Å². The minimum atomic E-state index is -1.32. The number of ketones is 1. The molecule has 2 bridgehead atoms. The smallest absolute Gasteiger partial charge is 0.320 e. The molecule has 0 amide bonds. The van der Waals surface area contributed by atoms with Crippen LogP contribution in [0.4, 0.5) is 0 Å². The first-order valence-corrected chi connectivity index (χ1v) is 10.5. The maximum atomic E-state index is 13.3. The minimum Gasteiger partial charge on any atom is -0.464 e. The van der Waals surface area contributed by atoms with E-state index in [0.717, 1.165) is 6.42 Å². The van der Waals surface area contributed by atoms with Gasteiger partial charge in [-0.25, -0.2) is 0 Å². The summed E-state index contributed by atoms with van der Waals surface area (Å²) in [6.45, 7) is 6.77. The van der Waals surface area contributed by atoms with Gasteiger partial charge in [-0.15, -0.1) is 0 Å². The minimum absolute atomic E-state index is 0.0264. The monoisotopic (exact) mass is 406 g/mol. The molecule has 4 fully saturated rings. The summed E-state index contributed by atoms with van der Waals surface area (Å²) in [5.41, 5.74) is -2.40. The number of aliphatic hydroxyl groups is 2. The van der Waals surface area contributed by atoms with Crippen LogP contribution in [-0.2, 0) is 23.9 Å². The summed E-state index contributed by atoms with van der Waals surface area (Å²) in [6, 6.07) is 0. The van der Waals surface area contributed by atoms with E-state index in [1.165, 1.54) is 6.92 Å². The summed E-state index contributed by atoms with van der Waals surface area (Å²) in [5, 5.41) is 20.7. The van der Waals surface area contributed by atoms with Gasteiger partial charge in [0.15, 0.2) is 5.78 Å². The molecule has 3 saturated carbocycles. The first-order valence-electron chi connectivity index (χ1n) is 10.5. The Hall–Kier alpha value is -1.73. The highest BCUT2D eigenvalue weighted by molar-refractivity contribution is 6.15. The molecule has 0 aromatic heterocycles. The largest absolute Gasteiger partial charge is 0.464 e. The Morgan fingerprint density at radius 3 is 2.62 bits per heavy atom. The molecule has 0 aromatic carbocycles. The lowest BCUT2D eigenvalue weighted by atomic mass is 9.43. The van der Waals surface area contributed by atoms with Crippen LogP contribution in [0.3, 0.4) is 0 Å². The fraction of sp³-hybridized carbons (Fsp3) is 0.773. The first kappa shape index (κ1) is 20.5. The maximum absolute atomic E-state index is 13.3. The van der Waals surface area contributed by atoms with E-state index in [-0.39, 0.29) is 31.5 Å². The van der Waals surface area contributed by atoms with Crippen molar-refractivity contribution in [1.82, 2.24) is 0 Å². The van der Waals surface area contributed by atoms with Crippen molar-refractivity contribution in [1.29, 1.82) is 0 Å². The number of rotatable bonds is 3. The number of carbonyl (C=O) groups is 3. The number of ether oxygens (including phenoxy) is 2. The highest BCUT2D eigenvalue weighted by atomic mass is 16.6. The number of hydrogen-bond donors (Lipinski definition) is 2. The molecule has 1 aliphatic heterocycles. The van der Waals surface area contributed by atoms with E-state index in [4.69, 9.17) is 9.47 Å². The molecule has 4 rings (SSSR count). The fourth-order valence-electron chi connectivity index (χ4n) is 7.12. The average molecular weight is 406 g/mol. The molecule has 2 N–H and O–H groups in total. The second kappa shape index (κ2) is 6.64. The zero-order valence-corrected chi connectivity index (χ0v) is 17.1. The molecule has 1 saturated heterocycles. The Morgan fingerprint density at radius 2 is 2.00 bits per heavy atom. The van der Waals surface area contributed by atoms with Gasteiger partial charge in [0, 0.05) is 26.1 Å². The SMILES string of the molecule is C=C1C(=O)C23CC1CCC2C1(COC3=O)C(OC(C)=O)CCC(C)(CO)C1CO. The third-order valence-electron chi connectivity index (χ3n) is 8.54. The van der Waals surface area contributed by atoms with Crippen LogP contribution in [0.2, 0.25) is 0 Å². The number of aliphatic hydroxyl groups excluding tert-OH is 2. The van der Waals surface area contributed by atoms with Crippen LogP contribution in [0.25, 0.3) is 0 Å². The number of hydrogen-bond acceptors (Lipinski definition) is 7. The first-order chi connectivity index (χ1) is 13.7. The second-order valence-electron chi connectivity index (χ2n) is 9.73. The van der Waals surface area contributed by atoms with Gasteiger partial charge in [0.25, 0.3) is 0 Å². The standard InChI is InChI=1S/C22H30O7/c1-12-14-4-5-15-21(8-14,18(12)26)19(27)28-11-22(15)16(9-23)20(3,10-24)7-6-17(22)29-13(2)25/h14-17,23-24H,1,4-11H2,2-3H3. The zero-order valence-electron chi connectivity index (χ0n) is 17.1. The molecule has 0 radical (unpaired) electrons. The van der Waals surface area contributed by atoms with E-state index in [1.807, 2.05) is 6.92 Å². The maximum Gasteiger partial charge on any atom is 0.320 e. The third kappa shape index (κ3) is 2.46. The van der Waals surface area contributed by atoms with Crippen molar-refractivity contribution in [2.24, 2.45) is 34.0 Å². The van der Waals surface area contributed by atoms with Crippen molar-refractivity contribution in [3.05, 3.63) is 12.2 Å². The molecule has 4 aliphatic rings. The number of Topliss-reactive ketones (excluding diaryl/α,β-unsaturated/α-hetero) is 1. The van der Waals surface area contributed by atoms with Gasteiger partial charge in [0.1, 0.15) is 18.1 Å². The number of esters is 2. The van der Waals surface area contributed by atoms with Crippen LogP contribution in [-0.4, -0.2) is 53.9 Å². The third-order valence-corrected chi connectivity index (χ3v) is 8.54. The van der Waals surface area contributed by atoms with Crippen molar-refractivity contribution in [3.63, 3.8) is 0 Å². The van der Waals surface area contributed by atoms with Gasteiger partial charge in [-0.1, -0.05) is 13.5 Å². The van der Waals surface area contributed by atoms with Gasteiger partial charge in [-0.2, -0.15) is 0 Å². The van der Waals surface area contributed by atoms with Crippen LogP contribution in [0, 0.1) is 34.0 Å². The number of carbonyl (C=O) groups excluding carboxylic acids is 3. The summed E-state index contributed by atoms with van der Waals surface area (Å²) >= 11 is 0. The predicted octanol–water partition coefficient (Wildman–Crippen LogP) is 1.40. The lowest BCUT2D eigenvalue weighted by Gasteiger charge is -2.63. The summed E-state index contributed by atoms with van der Waals surface area (Å²) in [5.74, 6) is -2.16. The average Bonchev–Trinajstić information content (AvgIpc) is 2.88. The summed E-state index contributed by atoms with van der Waals surface area (Å²) in [7, 11) is 0. The van der Waals surface area contributed by atoms with E-state index in [1.54, 1.807) is 0 Å².